The van der Waals surface area contributed by atoms with Gasteiger partial charge in [0.05, 0.1) is 16.8 Å². The number of hydrogen-bond donors (Lipinski definition) is 1. The molecule has 2 aliphatic heterocycles. The number of rotatable bonds is 5. The maximum absolute atomic E-state index is 6.24. The molecule has 150 valence electrons. The fraction of sp³-hybridized carbons (Fsp3) is 0.364. The van der Waals surface area contributed by atoms with E-state index in [1.54, 1.807) is 11.3 Å². The molecule has 0 atom stereocenters. The predicted octanol–water partition coefficient (Wildman–Crippen LogP) is 4.53. The Labute approximate surface area is 174 Å². The number of nitrogens with one attached hydrogen (secondary N) is 1. The van der Waals surface area contributed by atoms with Gasteiger partial charge in [0.1, 0.15) is 18.5 Å². The number of fused-ring (bicyclic) bond motifs is 1. The number of nitrogens with zero attached hydrogens (tertiary/aromatic N) is 4. The molecule has 3 aromatic rings. The van der Waals surface area contributed by atoms with E-state index < -0.39 is 0 Å². The molecule has 1 saturated heterocycles. The van der Waals surface area contributed by atoms with Crippen molar-refractivity contribution in [3.8, 4) is 16.9 Å². The Balaban J connectivity index is 1.34. The van der Waals surface area contributed by atoms with Crippen LogP contribution < -0.4 is 9.64 Å². The summed E-state index contributed by atoms with van der Waals surface area (Å²) in [6.45, 7) is 6.22. The van der Waals surface area contributed by atoms with Gasteiger partial charge in [-0.25, -0.2) is 0 Å². The lowest BCUT2D eigenvalue weighted by molar-refractivity contribution is 0.104. The molecule has 0 spiro atoms. The van der Waals surface area contributed by atoms with E-state index in [2.05, 4.69) is 61.6 Å². The number of piperidine rings is 1. The van der Waals surface area contributed by atoms with Crippen LogP contribution in [0.5, 0.6) is 5.75 Å². The highest BCUT2D eigenvalue weighted by molar-refractivity contribution is 7.13. The van der Waals surface area contributed by atoms with Crippen LogP contribution in [-0.2, 0) is 0 Å². The Morgan fingerprint density at radius 2 is 2.03 bits per heavy atom. The number of H-pyrrole nitrogens is 1. The second kappa shape index (κ2) is 8.00. The molecule has 1 aromatic carbocycles. The third-order valence-electron chi connectivity index (χ3n) is 5.74. The lowest BCUT2D eigenvalue weighted by atomic mass is 10.1. The molecule has 0 saturated carbocycles. The summed E-state index contributed by atoms with van der Waals surface area (Å²) in [4.78, 5) is 10.5. The first-order chi connectivity index (χ1) is 14.3. The van der Waals surface area contributed by atoms with Crippen LogP contribution in [0.4, 0.5) is 11.4 Å². The number of thiophene rings is 1. The Hall–Kier alpha value is -2.64. The Morgan fingerprint density at radius 1 is 1.21 bits per heavy atom. The van der Waals surface area contributed by atoms with Gasteiger partial charge in [0.25, 0.3) is 0 Å². The highest BCUT2D eigenvalue weighted by Crippen LogP contribution is 2.42. The van der Waals surface area contributed by atoms with Crippen LogP contribution >= 0.6 is 11.3 Å². The minimum atomic E-state index is 0.319. The molecule has 0 bridgehead atoms. The summed E-state index contributed by atoms with van der Waals surface area (Å²) >= 11 is 1.72. The van der Waals surface area contributed by atoms with Crippen LogP contribution in [0.1, 0.15) is 24.6 Å². The zero-order valence-corrected chi connectivity index (χ0v) is 17.4. The number of aromatic amines is 1. The van der Waals surface area contributed by atoms with Gasteiger partial charge in [-0.15, -0.1) is 11.3 Å². The van der Waals surface area contributed by atoms with Gasteiger partial charge in [-0.2, -0.15) is 5.10 Å². The Kier molecular flexibility index (Phi) is 5.08. The van der Waals surface area contributed by atoms with Gasteiger partial charge in [0.15, 0.2) is 0 Å². The van der Waals surface area contributed by atoms with Crippen molar-refractivity contribution in [3.05, 3.63) is 46.9 Å². The van der Waals surface area contributed by atoms with Crippen molar-refractivity contribution in [1.29, 1.82) is 0 Å². The maximum atomic E-state index is 6.24. The SMILES string of the molecule is CCN1CCC(Oc2ccc(N3CN=Cc4scc(-c5cn[nH]c5)c43)cc2)CC1. The molecule has 5 rings (SSSR count). The molecule has 2 aromatic heterocycles. The van der Waals surface area contributed by atoms with Crippen molar-refractivity contribution in [2.24, 2.45) is 4.99 Å². The third-order valence-corrected chi connectivity index (χ3v) is 6.64. The average molecular weight is 408 g/mol. The van der Waals surface area contributed by atoms with E-state index in [1.165, 1.54) is 16.1 Å². The number of aromatic nitrogens is 2. The summed E-state index contributed by atoms with van der Waals surface area (Å²) in [5.74, 6) is 0.949. The number of ether oxygens (including phenoxy) is 1. The second-order valence-electron chi connectivity index (χ2n) is 7.48. The van der Waals surface area contributed by atoms with Gasteiger partial charge < -0.3 is 14.5 Å². The van der Waals surface area contributed by atoms with E-state index in [1.807, 2.05) is 18.6 Å². The minimum absolute atomic E-state index is 0.319. The van der Waals surface area contributed by atoms with E-state index in [0.29, 0.717) is 12.8 Å². The molecular weight excluding hydrogens is 382 g/mol. The van der Waals surface area contributed by atoms with Crippen LogP contribution in [0.3, 0.4) is 0 Å². The van der Waals surface area contributed by atoms with Crippen molar-refractivity contribution in [2.75, 3.05) is 31.2 Å². The van der Waals surface area contributed by atoms with Crippen molar-refractivity contribution >= 4 is 28.9 Å². The van der Waals surface area contributed by atoms with Crippen molar-refractivity contribution in [1.82, 2.24) is 15.1 Å². The van der Waals surface area contributed by atoms with E-state index in [0.717, 1.165) is 49.5 Å². The summed E-state index contributed by atoms with van der Waals surface area (Å²) in [5.41, 5.74) is 4.61. The first-order valence-corrected chi connectivity index (χ1v) is 11.1. The van der Waals surface area contributed by atoms with Gasteiger partial charge in [-0.05, 0) is 43.7 Å². The number of anilines is 2. The van der Waals surface area contributed by atoms with Gasteiger partial charge in [0.2, 0.25) is 0 Å². The molecule has 2 aliphatic rings. The van der Waals surface area contributed by atoms with Crippen molar-refractivity contribution in [3.63, 3.8) is 0 Å². The highest BCUT2D eigenvalue weighted by Gasteiger charge is 2.23. The monoisotopic (exact) mass is 407 g/mol. The predicted molar refractivity (Wildman–Crippen MR) is 119 cm³/mol. The van der Waals surface area contributed by atoms with Crippen LogP contribution in [0.2, 0.25) is 0 Å². The van der Waals surface area contributed by atoms with Crippen LogP contribution in [0.15, 0.2) is 47.0 Å². The molecule has 0 unspecified atom stereocenters. The smallest absolute Gasteiger partial charge is 0.119 e. The second-order valence-corrected chi connectivity index (χ2v) is 8.39. The van der Waals surface area contributed by atoms with Gasteiger partial charge in [-0.3, -0.25) is 10.1 Å². The number of aliphatic imine (C=N–C) groups is 1. The minimum Gasteiger partial charge on any atom is -0.490 e. The topological polar surface area (TPSA) is 56.8 Å². The third kappa shape index (κ3) is 3.68. The fourth-order valence-electron chi connectivity index (χ4n) is 4.07. The standard InChI is InChI=1S/C22H25N5OS/c1-2-26-9-7-19(8-10-26)28-18-5-3-17(4-6-18)27-15-23-13-21-22(27)20(14-29-21)16-11-24-25-12-16/h3-6,11-14,19H,2,7-10,15H2,1H3,(H,24,25). The van der Waals surface area contributed by atoms with Crippen LogP contribution in [0, 0.1) is 0 Å². The van der Waals surface area contributed by atoms with E-state index in [4.69, 9.17) is 4.74 Å². The summed E-state index contributed by atoms with van der Waals surface area (Å²) in [7, 11) is 0. The van der Waals surface area contributed by atoms with Crippen LogP contribution in [0.25, 0.3) is 11.1 Å². The van der Waals surface area contributed by atoms with Gasteiger partial charge in [-0.1, -0.05) is 6.92 Å². The Bertz CT molecular complexity index is 971. The maximum Gasteiger partial charge on any atom is 0.119 e. The quantitative estimate of drug-likeness (QED) is 0.675. The number of hydrogen-bond acceptors (Lipinski definition) is 6. The molecule has 0 amide bonds. The molecule has 29 heavy (non-hydrogen) atoms. The van der Waals surface area contributed by atoms with Crippen molar-refractivity contribution in [2.45, 2.75) is 25.9 Å². The first-order valence-electron chi connectivity index (χ1n) is 10.2. The molecule has 6 nitrogen and oxygen atoms in total. The van der Waals surface area contributed by atoms with E-state index in [9.17, 15) is 0 Å². The highest BCUT2D eigenvalue weighted by atomic mass is 32.1. The fourth-order valence-corrected chi connectivity index (χ4v) is 5.03. The summed E-state index contributed by atoms with van der Waals surface area (Å²) < 4.78 is 6.24. The zero-order valence-electron chi connectivity index (χ0n) is 16.5. The first kappa shape index (κ1) is 18.4. The van der Waals surface area contributed by atoms with Gasteiger partial charge in [0, 0.05) is 47.7 Å². The van der Waals surface area contributed by atoms with Crippen LogP contribution in [-0.4, -0.2) is 53.7 Å². The summed E-state index contributed by atoms with van der Waals surface area (Å²) in [6.07, 6.45) is 8.30. The molecule has 1 fully saturated rings. The van der Waals surface area contributed by atoms with Crippen molar-refractivity contribution < 1.29 is 4.74 Å². The van der Waals surface area contributed by atoms with E-state index >= 15 is 0 Å². The number of likely N-dealkylation sites (tertiary alicyclic amines) is 1. The molecular formula is C22H25N5OS. The Morgan fingerprint density at radius 3 is 2.76 bits per heavy atom. The van der Waals surface area contributed by atoms with E-state index in [-0.39, 0.29) is 0 Å². The lowest BCUT2D eigenvalue weighted by Gasteiger charge is -2.31. The molecule has 4 heterocycles. The molecule has 7 heteroatoms. The summed E-state index contributed by atoms with van der Waals surface area (Å²) in [6, 6.07) is 8.45. The normalized spacial score (nSPS) is 17.5. The van der Waals surface area contributed by atoms with Gasteiger partial charge >= 0.3 is 0 Å². The molecule has 0 aliphatic carbocycles. The summed E-state index contributed by atoms with van der Waals surface area (Å²) in [5, 5.41) is 9.21. The molecule has 1 N–H and O–H groups in total. The largest absolute Gasteiger partial charge is 0.490 e. The zero-order chi connectivity index (χ0) is 19.6. The average Bonchev–Trinajstić information content (AvgIpc) is 3.44. The number of benzene rings is 1. The lowest BCUT2D eigenvalue weighted by Crippen LogP contribution is -2.37. The molecule has 0 radical (unpaired) electrons.